The lowest BCUT2D eigenvalue weighted by Crippen LogP contribution is -1.80. The lowest BCUT2D eigenvalue weighted by molar-refractivity contribution is 1.41. The topological polar surface area (TPSA) is 0 Å². The Morgan fingerprint density at radius 1 is 1.46 bits per heavy atom. The van der Waals surface area contributed by atoms with Crippen molar-refractivity contribution in [1.29, 1.82) is 0 Å². The van der Waals surface area contributed by atoms with Crippen LogP contribution in [-0.2, 0) is 5.33 Å². The number of fused-ring (bicyclic) bond motifs is 1. The molecule has 0 unspecified atom stereocenters. The van der Waals surface area contributed by atoms with E-state index in [2.05, 4.69) is 63.0 Å². The summed E-state index contributed by atoms with van der Waals surface area (Å²) < 4.78 is 2.79. The summed E-state index contributed by atoms with van der Waals surface area (Å²) in [7, 11) is 0. The summed E-state index contributed by atoms with van der Waals surface area (Å²) in [6, 6.07) is 4.53. The highest BCUT2D eigenvalue weighted by Crippen LogP contribution is 2.31. The lowest BCUT2D eigenvalue weighted by Gasteiger charge is -2.00. The Labute approximate surface area is 104 Å². The summed E-state index contributed by atoms with van der Waals surface area (Å²) in [6.45, 7) is 2.18. The van der Waals surface area contributed by atoms with E-state index in [4.69, 9.17) is 0 Å². The smallest absolute Gasteiger partial charge is 0.0383 e. The van der Waals surface area contributed by atoms with E-state index in [9.17, 15) is 0 Å². The Balaban J connectivity index is 2.80. The van der Waals surface area contributed by atoms with E-state index in [1.165, 1.54) is 24.8 Å². The van der Waals surface area contributed by atoms with E-state index >= 15 is 0 Å². The monoisotopic (exact) mass is 366 g/mol. The van der Waals surface area contributed by atoms with Gasteiger partial charge in [-0.2, -0.15) is 0 Å². The van der Waals surface area contributed by atoms with Gasteiger partial charge in [-0.3, -0.25) is 0 Å². The maximum Gasteiger partial charge on any atom is 0.0383 e. The summed E-state index contributed by atoms with van der Waals surface area (Å²) in [5, 5.41) is 4.56. The number of rotatable bonds is 1. The van der Waals surface area contributed by atoms with Gasteiger partial charge < -0.3 is 0 Å². The van der Waals surface area contributed by atoms with Crippen molar-refractivity contribution in [3.63, 3.8) is 0 Å². The molecule has 0 nitrogen and oxygen atoms in total. The first kappa shape index (κ1) is 9.93. The quantitative estimate of drug-likeness (QED) is 0.506. The van der Waals surface area contributed by atoms with Crippen LogP contribution in [0, 0.1) is 10.5 Å². The molecule has 0 atom stereocenters. The van der Waals surface area contributed by atoms with E-state index in [0.717, 1.165) is 5.33 Å². The lowest BCUT2D eigenvalue weighted by atomic mass is 10.1. The van der Waals surface area contributed by atoms with Crippen LogP contribution in [0.5, 0.6) is 0 Å². The Bertz CT molecular complexity index is 447. The molecule has 3 heteroatoms. The molecule has 0 aliphatic heterocycles. The summed E-state index contributed by atoms with van der Waals surface area (Å²) in [6.07, 6.45) is 0. The highest BCUT2D eigenvalue weighted by Gasteiger charge is 2.05. The van der Waals surface area contributed by atoms with Gasteiger partial charge in [0.2, 0.25) is 0 Å². The summed E-state index contributed by atoms with van der Waals surface area (Å²) in [4.78, 5) is 0. The first-order valence-electron chi connectivity index (χ1n) is 3.94. The largest absolute Gasteiger partial charge is 0.142 e. The first-order valence-corrected chi connectivity index (χ1v) is 7.02. The molecule has 0 fully saturated rings. The van der Waals surface area contributed by atoms with Crippen LogP contribution in [0.25, 0.3) is 10.1 Å². The van der Waals surface area contributed by atoms with Crippen LogP contribution in [0.3, 0.4) is 0 Å². The molecule has 1 aromatic heterocycles. The van der Waals surface area contributed by atoms with Crippen molar-refractivity contribution in [2.75, 3.05) is 0 Å². The minimum absolute atomic E-state index is 0.940. The number of aryl methyl sites for hydroxylation is 1. The second-order valence-corrected chi connectivity index (χ2v) is 5.61. The van der Waals surface area contributed by atoms with Crippen LogP contribution >= 0.6 is 49.9 Å². The summed E-state index contributed by atoms with van der Waals surface area (Å²) >= 11 is 7.73. The number of halogens is 2. The van der Waals surface area contributed by atoms with Crippen molar-refractivity contribution in [3.8, 4) is 0 Å². The van der Waals surface area contributed by atoms with E-state index in [1.807, 2.05) is 11.3 Å². The van der Waals surface area contributed by atoms with Crippen LogP contribution in [-0.4, -0.2) is 0 Å². The van der Waals surface area contributed by atoms with Crippen LogP contribution in [0.2, 0.25) is 0 Å². The molecule has 2 rings (SSSR count). The summed E-state index contributed by atoms with van der Waals surface area (Å²) in [5.74, 6) is 0. The predicted octanol–water partition coefficient (Wildman–Crippen LogP) is 4.71. The number of hydrogen-bond acceptors (Lipinski definition) is 1. The van der Waals surface area contributed by atoms with Gasteiger partial charge in [0.25, 0.3) is 0 Å². The fourth-order valence-electron chi connectivity index (χ4n) is 1.43. The molecule has 0 saturated carbocycles. The molecule has 0 amide bonds. The third kappa shape index (κ3) is 1.78. The van der Waals surface area contributed by atoms with Gasteiger partial charge in [-0.1, -0.05) is 22.0 Å². The van der Waals surface area contributed by atoms with E-state index in [0.29, 0.717) is 0 Å². The second kappa shape index (κ2) is 3.87. The van der Waals surface area contributed by atoms with Gasteiger partial charge in [-0.15, -0.1) is 11.3 Å². The zero-order valence-corrected chi connectivity index (χ0v) is 11.7. The number of hydrogen-bond donors (Lipinski definition) is 0. The van der Waals surface area contributed by atoms with Gasteiger partial charge in [-0.05, 0) is 46.7 Å². The van der Waals surface area contributed by atoms with Gasteiger partial charge in [0.05, 0.1) is 0 Å². The first-order chi connectivity index (χ1) is 6.22. The van der Waals surface area contributed by atoms with Crippen molar-refractivity contribution < 1.29 is 0 Å². The van der Waals surface area contributed by atoms with Crippen LogP contribution in [0.15, 0.2) is 17.5 Å². The highest BCUT2D eigenvalue weighted by molar-refractivity contribution is 14.1. The highest BCUT2D eigenvalue weighted by atomic mass is 127. The van der Waals surface area contributed by atoms with Gasteiger partial charge in [0.15, 0.2) is 0 Å². The van der Waals surface area contributed by atoms with Crippen LogP contribution in [0.1, 0.15) is 11.1 Å². The molecule has 0 radical (unpaired) electrons. The van der Waals surface area contributed by atoms with Crippen LogP contribution < -0.4 is 0 Å². The number of thiophene rings is 1. The average Bonchev–Trinajstić information content (AvgIpc) is 2.48. The molecule has 2 aromatic rings. The van der Waals surface area contributed by atoms with Crippen LogP contribution in [0.4, 0.5) is 0 Å². The molecule has 0 N–H and O–H groups in total. The van der Waals surface area contributed by atoms with E-state index in [-0.39, 0.29) is 0 Å². The molecule has 1 aromatic carbocycles. The maximum atomic E-state index is 3.49. The summed E-state index contributed by atoms with van der Waals surface area (Å²) in [5.41, 5.74) is 2.75. The average molecular weight is 367 g/mol. The molecular formula is C10H8BrIS. The Kier molecular flexibility index (Phi) is 2.95. The second-order valence-electron chi connectivity index (χ2n) is 3.01. The molecule has 68 valence electrons. The minimum atomic E-state index is 0.940. The SMILES string of the molecule is Cc1cc(CBr)cc2c(I)csc12. The van der Waals surface area contributed by atoms with Crippen molar-refractivity contribution in [3.05, 3.63) is 32.2 Å². The molecule has 0 aliphatic carbocycles. The fraction of sp³-hybridized carbons (Fsp3) is 0.200. The predicted molar refractivity (Wildman–Crippen MR) is 71.9 cm³/mol. The number of alkyl halides is 1. The Morgan fingerprint density at radius 3 is 2.92 bits per heavy atom. The number of benzene rings is 1. The van der Waals surface area contributed by atoms with Crippen molar-refractivity contribution in [1.82, 2.24) is 0 Å². The van der Waals surface area contributed by atoms with E-state index in [1.54, 1.807) is 0 Å². The molecule has 0 spiro atoms. The van der Waals surface area contributed by atoms with E-state index < -0.39 is 0 Å². The molecule has 0 saturated heterocycles. The van der Waals surface area contributed by atoms with Gasteiger partial charge in [-0.25, -0.2) is 0 Å². The van der Waals surface area contributed by atoms with Crippen molar-refractivity contribution in [2.45, 2.75) is 12.3 Å². The third-order valence-electron chi connectivity index (χ3n) is 2.03. The van der Waals surface area contributed by atoms with Gasteiger partial charge in [0.1, 0.15) is 0 Å². The molecule has 0 bridgehead atoms. The molecule has 0 aliphatic rings. The fourth-order valence-corrected chi connectivity index (χ4v) is 3.64. The Hall–Kier alpha value is 0.390. The molecule has 1 heterocycles. The van der Waals surface area contributed by atoms with Gasteiger partial charge >= 0.3 is 0 Å². The zero-order valence-electron chi connectivity index (χ0n) is 7.10. The van der Waals surface area contributed by atoms with Crippen molar-refractivity contribution >= 4 is 59.9 Å². The molecule has 13 heavy (non-hydrogen) atoms. The van der Waals surface area contributed by atoms with Gasteiger partial charge in [0, 0.05) is 24.4 Å². The standard InChI is InChI=1S/C10H8BrIS/c1-6-2-7(4-11)3-8-9(12)5-13-10(6)8/h2-3,5H,4H2,1H3. The normalized spacial score (nSPS) is 11.0. The maximum absolute atomic E-state index is 3.49. The van der Waals surface area contributed by atoms with Crippen molar-refractivity contribution in [2.24, 2.45) is 0 Å². The Morgan fingerprint density at radius 2 is 2.23 bits per heavy atom. The molecular weight excluding hydrogens is 359 g/mol. The minimum Gasteiger partial charge on any atom is -0.142 e. The zero-order chi connectivity index (χ0) is 9.42. The third-order valence-corrected chi connectivity index (χ3v) is 5.12.